The number of aromatic nitrogens is 2. The van der Waals surface area contributed by atoms with Crippen molar-refractivity contribution >= 4 is 33.4 Å². The molecule has 0 saturated heterocycles. The van der Waals surface area contributed by atoms with Gasteiger partial charge >= 0.3 is 0 Å². The fourth-order valence-electron chi connectivity index (χ4n) is 4.26. The first-order chi connectivity index (χ1) is 16.1. The second-order valence-corrected chi connectivity index (χ2v) is 8.49. The van der Waals surface area contributed by atoms with Gasteiger partial charge in [-0.3, -0.25) is 0 Å². The molecule has 0 amide bonds. The smallest absolute Gasteiger partial charge is 0.137 e. The number of fused-ring (bicyclic) bond motifs is 2. The van der Waals surface area contributed by atoms with E-state index in [-0.39, 0.29) is 5.92 Å². The lowest BCUT2D eigenvalue weighted by Gasteiger charge is -2.17. The topological polar surface area (TPSA) is 36.3 Å². The summed E-state index contributed by atoms with van der Waals surface area (Å²) in [5, 5.41) is 2.96. The van der Waals surface area contributed by atoms with Gasteiger partial charge in [-0.1, -0.05) is 67.1 Å². The van der Waals surface area contributed by atoms with Crippen molar-refractivity contribution in [3.63, 3.8) is 0 Å². The molecule has 166 valence electrons. The third-order valence-electron chi connectivity index (χ3n) is 6.05. The molecule has 0 N–H and O–H groups in total. The minimum absolute atomic E-state index is 0.115. The molecule has 1 aromatic heterocycles. The first-order valence-electron chi connectivity index (χ1n) is 11.0. The van der Waals surface area contributed by atoms with E-state index in [2.05, 4.69) is 54.0 Å². The Morgan fingerprint density at radius 2 is 1.67 bits per heavy atom. The van der Waals surface area contributed by atoms with Gasteiger partial charge < -0.3 is 14.0 Å². The van der Waals surface area contributed by atoms with Crippen molar-refractivity contribution in [2.45, 2.75) is 19.4 Å². The van der Waals surface area contributed by atoms with E-state index in [0.29, 0.717) is 23.9 Å². The fraction of sp³-hybridized carbons (Fsp3) is 0.179. The van der Waals surface area contributed by atoms with Gasteiger partial charge in [0.05, 0.1) is 29.7 Å². The highest BCUT2D eigenvalue weighted by Gasteiger charge is 2.19. The lowest BCUT2D eigenvalue weighted by molar-refractivity contribution is 0.298. The summed E-state index contributed by atoms with van der Waals surface area (Å²) in [7, 11) is 1.69. The Morgan fingerprint density at radius 3 is 2.52 bits per heavy atom. The third kappa shape index (κ3) is 4.27. The van der Waals surface area contributed by atoms with Crippen molar-refractivity contribution < 1.29 is 9.47 Å². The number of benzene rings is 4. The van der Waals surface area contributed by atoms with Gasteiger partial charge in [-0.05, 0) is 52.7 Å². The highest BCUT2D eigenvalue weighted by atomic mass is 35.5. The van der Waals surface area contributed by atoms with Gasteiger partial charge in [0.2, 0.25) is 0 Å². The standard InChI is InChI=1S/C28H25ClN2O2/c1-19(20-11-12-22-18-23(32-2)14-13-21(22)17-20)28-30-25-8-4-5-9-26(25)31(28)15-16-33-27-10-6-3-7-24(27)29/h3-14,17-19H,15-16H2,1-2H3. The first-order valence-corrected chi connectivity index (χ1v) is 11.4. The SMILES string of the molecule is COc1ccc2cc(C(C)c3nc4ccccc4n3CCOc3ccccc3Cl)ccc2c1. The molecule has 5 heteroatoms. The maximum Gasteiger partial charge on any atom is 0.137 e. The molecule has 1 unspecified atom stereocenters. The maximum atomic E-state index is 6.26. The van der Waals surface area contributed by atoms with Crippen molar-refractivity contribution in [3.8, 4) is 11.5 Å². The third-order valence-corrected chi connectivity index (χ3v) is 6.36. The van der Waals surface area contributed by atoms with E-state index in [9.17, 15) is 0 Å². The average molecular weight is 457 g/mol. The Hall–Kier alpha value is -3.50. The number of rotatable bonds is 7. The van der Waals surface area contributed by atoms with Crippen molar-refractivity contribution in [3.05, 3.63) is 101 Å². The Bertz CT molecular complexity index is 1430. The molecule has 1 atom stereocenters. The summed E-state index contributed by atoms with van der Waals surface area (Å²) in [5.74, 6) is 2.70. The Balaban J connectivity index is 1.47. The molecule has 0 aliphatic carbocycles. The number of para-hydroxylation sites is 3. The predicted molar refractivity (Wildman–Crippen MR) is 135 cm³/mol. The number of hydrogen-bond donors (Lipinski definition) is 0. The normalized spacial score (nSPS) is 12.2. The summed E-state index contributed by atoms with van der Waals surface area (Å²) in [6.07, 6.45) is 0. The summed E-state index contributed by atoms with van der Waals surface area (Å²) in [5.41, 5.74) is 3.31. The highest BCUT2D eigenvalue weighted by Crippen LogP contribution is 2.31. The molecular weight excluding hydrogens is 432 g/mol. The quantitative estimate of drug-likeness (QED) is 0.262. The zero-order valence-electron chi connectivity index (χ0n) is 18.7. The molecule has 0 saturated carbocycles. The summed E-state index contributed by atoms with van der Waals surface area (Å²) >= 11 is 6.26. The number of halogens is 1. The van der Waals surface area contributed by atoms with E-state index in [0.717, 1.165) is 28.0 Å². The molecule has 5 rings (SSSR count). The Labute approximate surface area is 198 Å². The number of imidazole rings is 1. The van der Waals surface area contributed by atoms with E-state index in [1.165, 1.54) is 10.9 Å². The number of ether oxygens (including phenoxy) is 2. The zero-order valence-corrected chi connectivity index (χ0v) is 19.4. The first kappa shape index (κ1) is 21.4. The molecule has 0 aliphatic rings. The summed E-state index contributed by atoms with van der Waals surface area (Å²) in [4.78, 5) is 5.00. The van der Waals surface area contributed by atoms with Gasteiger partial charge in [-0.2, -0.15) is 0 Å². The maximum absolute atomic E-state index is 6.26. The van der Waals surface area contributed by atoms with Crippen LogP contribution < -0.4 is 9.47 Å². The molecule has 0 radical (unpaired) electrons. The molecule has 4 nitrogen and oxygen atoms in total. The molecule has 0 fully saturated rings. The molecule has 0 aliphatic heterocycles. The van der Waals surface area contributed by atoms with Gasteiger partial charge in [-0.15, -0.1) is 0 Å². The summed E-state index contributed by atoms with van der Waals surface area (Å²) in [6, 6.07) is 28.5. The van der Waals surface area contributed by atoms with Crippen LogP contribution in [0.15, 0.2) is 84.9 Å². The Kier molecular flexibility index (Phi) is 5.93. The second kappa shape index (κ2) is 9.16. The van der Waals surface area contributed by atoms with E-state index >= 15 is 0 Å². The fourth-order valence-corrected chi connectivity index (χ4v) is 4.45. The molecule has 0 bridgehead atoms. The molecule has 0 spiro atoms. The molecule has 5 aromatic rings. The molecular formula is C28H25ClN2O2. The van der Waals surface area contributed by atoms with Crippen LogP contribution >= 0.6 is 11.6 Å². The van der Waals surface area contributed by atoms with Crippen LogP contribution in [0.25, 0.3) is 21.8 Å². The Morgan fingerprint density at radius 1 is 0.909 bits per heavy atom. The van der Waals surface area contributed by atoms with Gasteiger partial charge in [-0.25, -0.2) is 4.98 Å². The summed E-state index contributed by atoms with van der Waals surface area (Å²) in [6.45, 7) is 3.38. The van der Waals surface area contributed by atoms with Crippen LogP contribution in [0.2, 0.25) is 5.02 Å². The van der Waals surface area contributed by atoms with Crippen LogP contribution in [0.5, 0.6) is 11.5 Å². The van der Waals surface area contributed by atoms with Crippen molar-refractivity contribution in [2.75, 3.05) is 13.7 Å². The van der Waals surface area contributed by atoms with Crippen LogP contribution in [-0.2, 0) is 6.54 Å². The summed E-state index contributed by atoms with van der Waals surface area (Å²) < 4.78 is 13.6. The number of methoxy groups -OCH3 is 1. The van der Waals surface area contributed by atoms with E-state index in [1.54, 1.807) is 7.11 Å². The number of nitrogens with zero attached hydrogens (tertiary/aromatic N) is 2. The lowest BCUT2D eigenvalue weighted by Crippen LogP contribution is -2.13. The van der Waals surface area contributed by atoms with Crippen LogP contribution in [0, 0.1) is 0 Å². The highest BCUT2D eigenvalue weighted by molar-refractivity contribution is 6.32. The average Bonchev–Trinajstić information content (AvgIpc) is 3.22. The van der Waals surface area contributed by atoms with Gasteiger partial charge in [0, 0.05) is 5.92 Å². The van der Waals surface area contributed by atoms with Gasteiger partial charge in [0.15, 0.2) is 0 Å². The minimum Gasteiger partial charge on any atom is -0.497 e. The number of hydrogen-bond acceptors (Lipinski definition) is 3. The van der Waals surface area contributed by atoms with Crippen molar-refractivity contribution in [1.29, 1.82) is 0 Å². The largest absolute Gasteiger partial charge is 0.497 e. The molecule has 1 heterocycles. The molecule has 33 heavy (non-hydrogen) atoms. The monoisotopic (exact) mass is 456 g/mol. The van der Waals surface area contributed by atoms with E-state index < -0.39 is 0 Å². The minimum atomic E-state index is 0.115. The van der Waals surface area contributed by atoms with Crippen LogP contribution in [-0.4, -0.2) is 23.3 Å². The van der Waals surface area contributed by atoms with Crippen LogP contribution in [0.3, 0.4) is 0 Å². The molecule has 4 aromatic carbocycles. The van der Waals surface area contributed by atoms with E-state index in [4.69, 9.17) is 26.1 Å². The van der Waals surface area contributed by atoms with Crippen molar-refractivity contribution in [2.24, 2.45) is 0 Å². The van der Waals surface area contributed by atoms with Crippen molar-refractivity contribution in [1.82, 2.24) is 9.55 Å². The van der Waals surface area contributed by atoms with Crippen LogP contribution in [0.4, 0.5) is 0 Å². The van der Waals surface area contributed by atoms with Gasteiger partial charge in [0.25, 0.3) is 0 Å². The lowest BCUT2D eigenvalue weighted by atomic mass is 9.97. The van der Waals surface area contributed by atoms with Crippen LogP contribution in [0.1, 0.15) is 24.2 Å². The van der Waals surface area contributed by atoms with E-state index in [1.807, 2.05) is 42.5 Å². The zero-order chi connectivity index (χ0) is 22.8. The second-order valence-electron chi connectivity index (χ2n) is 8.08. The van der Waals surface area contributed by atoms with Gasteiger partial charge in [0.1, 0.15) is 23.9 Å². The predicted octanol–water partition coefficient (Wildman–Crippen LogP) is 7.08.